The number of ether oxygens (including phenoxy) is 2. The highest BCUT2D eigenvalue weighted by molar-refractivity contribution is 5.48. The summed E-state index contributed by atoms with van der Waals surface area (Å²) < 4.78 is 23.6. The summed E-state index contributed by atoms with van der Waals surface area (Å²) >= 11 is 0. The maximum absolute atomic E-state index is 13.4. The van der Waals surface area contributed by atoms with Crippen molar-refractivity contribution >= 4 is 6.08 Å². The summed E-state index contributed by atoms with van der Waals surface area (Å²) in [7, 11) is 2.97. The average molecular weight is 239 g/mol. The second-order valence-electron chi connectivity index (χ2n) is 3.43. The Kier molecular flexibility index (Phi) is 4.67. The molecule has 0 N–H and O–H groups in total. The predicted molar refractivity (Wildman–Crippen MR) is 60.9 cm³/mol. The highest BCUT2D eigenvalue weighted by Crippen LogP contribution is 2.34. The smallest absolute Gasteiger partial charge is 0.235 e. The van der Waals surface area contributed by atoms with Crippen LogP contribution >= 0.6 is 0 Å². The van der Waals surface area contributed by atoms with Gasteiger partial charge in [-0.3, -0.25) is 0 Å². The summed E-state index contributed by atoms with van der Waals surface area (Å²) in [5.41, 5.74) is 1.02. The van der Waals surface area contributed by atoms with Gasteiger partial charge in [0.1, 0.15) is 6.17 Å². The lowest BCUT2D eigenvalue weighted by Gasteiger charge is -2.14. The Labute approximate surface area is 99.1 Å². The Bertz CT molecular complexity index is 440. The van der Waals surface area contributed by atoms with Crippen molar-refractivity contribution in [3.05, 3.63) is 23.3 Å². The number of hydrogen-bond donors (Lipinski definition) is 0. The molecule has 0 saturated carbocycles. The Balaban J connectivity index is 3.28. The van der Waals surface area contributed by atoms with E-state index in [1.54, 1.807) is 12.1 Å². The third-order valence-corrected chi connectivity index (χ3v) is 2.39. The summed E-state index contributed by atoms with van der Waals surface area (Å²) in [5.74, 6) is 0.929. The number of nitrogens with zero attached hydrogens (tertiary/aromatic N) is 1. The zero-order chi connectivity index (χ0) is 12.8. The molecule has 4 nitrogen and oxygen atoms in total. The van der Waals surface area contributed by atoms with Gasteiger partial charge in [0.2, 0.25) is 6.08 Å². The molecule has 5 heteroatoms. The number of rotatable bonds is 5. The predicted octanol–water partition coefficient (Wildman–Crippen LogP) is 2.57. The molecule has 0 radical (unpaired) electrons. The van der Waals surface area contributed by atoms with Crippen molar-refractivity contribution in [3.8, 4) is 11.5 Å². The largest absolute Gasteiger partial charge is 0.493 e. The topological polar surface area (TPSA) is 47.9 Å². The molecule has 0 spiro atoms. The van der Waals surface area contributed by atoms with E-state index in [1.165, 1.54) is 27.2 Å². The van der Waals surface area contributed by atoms with E-state index in [0.29, 0.717) is 22.6 Å². The number of alkyl halides is 1. The van der Waals surface area contributed by atoms with Gasteiger partial charge in [0, 0.05) is 0 Å². The monoisotopic (exact) mass is 239 g/mol. The van der Waals surface area contributed by atoms with Crippen LogP contribution in [0.2, 0.25) is 0 Å². The molecule has 92 valence electrons. The van der Waals surface area contributed by atoms with Crippen molar-refractivity contribution in [2.24, 2.45) is 4.99 Å². The van der Waals surface area contributed by atoms with Gasteiger partial charge in [0.15, 0.2) is 11.5 Å². The fourth-order valence-corrected chi connectivity index (χ4v) is 1.56. The lowest BCUT2D eigenvalue weighted by atomic mass is 10.0. The number of isocyanates is 1. The van der Waals surface area contributed by atoms with Gasteiger partial charge >= 0.3 is 0 Å². The van der Waals surface area contributed by atoms with Crippen molar-refractivity contribution < 1.29 is 18.7 Å². The van der Waals surface area contributed by atoms with Gasteiger partial charge in [-0.05, 0) is 30.2 Å². The Hall–Kier alpha value is -1.87. The first-order chi connectivity index (χ1) is 8.13. The van der Waals surface area contributed by atoms with E-state index in [-0.39, 0.29) is 6.54 Å². The number of aliphatic imine (C=N–C) groups is 1. The highest BCUT2D eigenvalue weighted by Gasteiger charge is 2.15. The van der Waals surface area contributed by atoms with Crippen molar-refractivity contribution in [2.45, 2.75) is 19.6 Å². The molecule has 1 aromatic rings. The van der Waals surface area contributed by atoms with Crippen LogP contribution < -0.4 is 9.47 Å². The van der Waals surface area contributed by atoms with Gasteiger partial charge in [0.25, 0.3) is 0 Å². The normalized spacial score (nSPS) is 11.5. The number of hydrogen-bond acceptors (Lipinski definition) is 4. The zero-order valence-corrected chi connectivity index (χ0v) is 9.99. The first-order valence-corrected chi connectivity index (χ1v) is 5.06. The molecule has 1 unspecified atom stereocenters. The third kappa shape index (κ3) is 3.04. The van der Waals surface area contributed by atoms with Crippen molar-refractivity contribution in [1.29, 1.82) is 0 Å². The van der Waals surface area contributed by atoms with E-state index in [0.717, 1.165) is 0 Å². The standard InChI is InChI=1S/C12H14FNO3/c1-8(13)10-5-12(17-3)11(16-2)4-9(10)6-14-7-15/h4-5,8H,6H2,1-3H3. The van der Waals surface area contributed by atoms with Gasteiger partial charge < -0.3 is 9.47 Å². The van der Waals surface area contributed by atoms with Gasteiger partial charge in [0.05, 0.1) is 20.8 Å². The third-order valence-electron chi connectivity index (χ3n) is 2.39. The molecule has 0 aliphatic rings. The second kappa shape index (κ2) is 6.01. The molecule has 1 aromatic carbocycles. The minimum absolute atomic E-state index is 0.0768. The second-order valence-corrected chi connectivity index (χ2v) is 3.43. The van der Waals surface area contributed by atoms with Crippen molar-refractivity contribution in [1.82, 2.24) is 0 Å². The lowest BCUT2D eigenvalue weighted by Crippen LogP contribution is -1.99. The fourth-order valence-electron chi connectivity index (χ4n) is 1.56. The van der Waals surface area contributed by atoms with Gasteiger partial charge in [-0.1, -0.05) is 0 Å². The quantitative estimate of drug-likeness (QED) is 0.586. The van der Waals surface area contributed by atoms with E-state index in [2.05, 4.69) is 4.99 Å². The number of methoxy groups -OCH3 is 2. The molecule has 0 aliphatic heterocycles. The van der Waals surface area contributed by atoms with Crippen molar-refractivity contribution in [3.63, 3.8) is 0 Å². The molecule has 0 amide bonds. The van der Waals surface area contributed by atoms with Gasteiger partial charge in [-0.15, -0.1) is 0 Å². The summed E-state index contributed by atoms with van der Waals surface area (Å²) in [4.78, 5) is 13.5. The van der Waals surface area contributed by atoms with Crippen LogP contribution in [0, 0.1) is 0 Å². The molecule has 0 fully saturated rings. The summed E-state index contributed by atoms with van der Waals surface area (Å²) in [6, 6.07) is 3.17. The Morgan fingerprint density at radius 1 is 1.35 bits per heavy atom. The van der Waals surface area contributed by atoms with Crippen molar-refractivity contribution in [2.75, 3.05) is 14.2 Å². The van der Waals surface area contributed by atoms with Crippen LogP contribution in [0.25, 0.3) is 0 Å². The molecule has 0 aliphatic carbocycles. The number of carbonyl (C=O) groups excluding carboxylic acids is 1. The summed E-state index contributed by atoms with van der Waals surface area (Å²) in [6.07, 6.45) is 0.254. The van der Waals surface area contributed by atoms with Gasteiger partial charge in [-0.25, -0.2) is 14.2 Å². The molecule has 0 aromatic heterocycles. The summed E-state index contributed by atoms with van der Waals surface area (Å²) in [6.45, 7) is 1.49. The Morgan fingerprint density at radius 2 is 1.94 bits per heavy atom. The molecule has 1 rings (SSSR count). The van der Waals surface area contributed by atoms with Crippen LogP contribution in [0.4, 0.5) is 4.39 Å². The lowest BCUT2D eigenvalue weighted by molar-refractivity contribution is 0.345. The first kappa shape index (κ1) is 13.2. The maximum Gasteiger partial charge on any atom is 0.235 e. The van der Waals surface area contributed by atoms with E-state index in [1.807, 2.05) is 0 Å². The highest BCUT2D eigenvalue weighted by atomic mass is 19.1. The Morgan fingerprint density at radius 3 is 2.41 bits per heavy atom. The fraction of sp³-hybridized carbons (Fsp3) is 0.417. The zero-order valence-electron chi connectivity index (χ0n) is 9.99. The number of halogens is 1. The molecule has 17 heavy (non-hydrogen) atoms. The molecule has 0 saturated heterocycles. The molecular weight excluding hydrogens is 225 g/mol. The average Bonchev–Trinajstić information content (AvgIpc) is 2.34. The van der Waals surface area contributed by atoms with E-state index >= 15 is 0 Å². The van der Waals surface area contributed by atoms with Crippen LogP contribution in [-0.4, -0.2) is 20.3 Å². The minimum atomic E-state index is -1.17. The van der Waals surface area contributed by atoms with Crippen LogP contribution in [0.15, 0.2) is 17.1 Å². The van der Waals surface area contributed by atoms with Crippen LogP contribution in [0.1, 0.15) is 24.2 Å². The minimum Gasteiger partial charge on any atom is -0.493 e. The summed E-state index contributed by atoms with van der Waals surface area (Å²) in [5, 5.41) is 0. The number of benzene rings is 1. The molecule has 0 heterocycles. The molecular formula is C12H14FNO3. The first-order valence-electron chi connectivity index (χ1n) is 5.06. The van der Waals surface area contributed by atoms with Crippen LogP contribution in [0.5, 0.6) is 11.5 Å². The van der Waals surface area contributed by atoms with E-state index in [9.17, 15) is 9.18 Å². The van der Waals surface area contributed by atoms with Gasteiger partial charge in [-0.2, -0.15) is 0 Å². The molecule has 0 bridgehead atoms. The van der Waals surface area contributed by atoms with Crippen LogP contribution in [-0.2, 0) is 11.3 Å². The molecule has 1 atom stereocenters. The van der Waals surface area contributed by atoms with E-state index < -0.39 is 6.17 Å². The SMILES string of the molecule is COc1cc(CN=C=O)c(C(C)F)cc1OC. The van der Waals surface area contributed by atoms with E-state index in [4.69, 9.17) is 9.47 Å². The van der Waals surface area contributed by atoms with Crippen LogP contribution in [0.3, 0.4) is 0 Å². The maximum atomic E-state index is 13.4.